The molecular formula is C24H35NO5. The first kappa shape index (κ1) is 24.1. The monoisotopic (exact) mass is 417 g/mol. The number of hydrogen-bond donors (Lipinski definition) is 0. The fraction of sp³-hybridized carbons (Fsp3) is 0.625. The Kier molecular flexibility index (Phi) is 10.0. The van der Waals surface area contributed by atoms with Crippen LogP contribution < -0.4 is 9.47 Å². The number of nitrogens with zero attached hydrogens (tertiary/aromatic N) is 1. The van der Waals surface area contributed by atoms with Crippen LogP contribution in [0.15, 0.2) is 18.2 Å². The van der Waals surface area contributed by atoms with Gasteiger partial charge in [-0.1, -0.05) is 20.8 Å². The zero-order chi connectivity index (χ0) is 21.9. The molecule has 0 unspecified atom stereocenters. The average Bonchev–Trinajstić information content (AvgIpc) is 2.71. The van der Waals surface area contributed by atoms with Gasteiger partial charge in [0, 0.05) is 24.8 Å². The van der Waals surface area contributed by atoms with E-state index in [0.717, 1.165) is 32.0 Å². The van der Waals surface area contributed by atoms with Crippen LogP contribution >= 0.6 is 0 Å². The first-order valence-electron chi connectivity index (χ1n) is 11.2. The number of ketones is 1. The van der Waals surface area contributed by atoms with Gasteiger partial charge in [0.2, 0.25) is 0 Å². The van der Waals surface area contributed by atoms with Gasteiger partial charge >= 0.3 is 11.9 Å². The lowest BCUT2D eigenvalue weighted by Gasteiger charge is -2.30. The molecule has 1 aliphatic heterocycles. The van der Waals surface area contributed by atoms with Gasteiger partial charge in [-0.3, -0.25) is 14.4 Å². The Hall–Kier alpha value is -2.21. The number of carbonyl (C=O) groups is 3. The van der Waals surface area contributed by atoms with E-state index in [1.54, 1.807) is 12.1 Å². The van der Waals surface area contributed by atoms with Crippen LogP contribution in [0.3, 0.4) is 0 Å². The molecule has 0 radical (unpaired) electrons. The lowest BCUT2D eigenvalue weighted by Crippen LogP contribution is -2.33. The van der Waals surface area contributed by atoms with Crippen molar-refractivity contribution >= 4 is 17.7 Å². The molecule has 0 spiro atoms. The van der Waals surface area contributed by atoms with E-state index in [1.165, 1.54) is 18.9 Å². The molecule has 6 nitrogen and oxygen atoms in total. The van der Waals surface area contributed by atoms with E-state index >= 15 is 0 Å². The molecule has 0 bridgehead atoms. The molecule has 0 saturated carbocycles. The molecule has 1 aliphatic rings. The SMILES string of the molecule is CCCC(=O)Oc1ccc(C(=O)CCCN2CCC(C)CC2)cc1OC(=O)CCC. The van der Waals surface area contributed by atoms with Crippen molar-refractivity contribution in [2.75, 3.05) is 19.6 Å². The number of hydrogen-bond acceptors (Lipinski definition) is 6. The predicted octanol–water partition coefficient (Wildman–Crippen LogP) is 4.79. The Morgan fingerprint density at radius 2 is 1.53 bits per heavy atom. The quantitative estimate of drug-likeness (QED) is 0.293. The highest BCUT2D eigenvalue weighted by molar-refractivity contribution is 5.97. The van der Waals surface area contributed by atoms with Crippen LogP contribution in [0.1, 0.15) is 82.5 Å². The van der Waals surface area contributed by atoms with Gasteiger partial charge in [0.05, 0.1) is 0 Å². The van der Waals surface area contributed by atoms with Crippen molar-refractivity contribution in [1.29, 1.82) is 0 Å². The highest BCUT2D eigenvalue weighted by Gasteiger charge is 2.18. The molecule has 0 N–H and O–H groups in total. The van der Waals surface area contributed by atoms with Crippen molar-refractivity contribution in [3.8, 4) is 11.5 Å². The molecule has 1 saturated heterocycles. The first-order chi connectivity index (χ1) is 14.4. The maximum absolute atomic E-state index is 12.7. The van der Waals surface area contributed by atoms with E-state index in [-0.39, 0.29) is 36.1 Å². The van der Waals surface area contributed by atoms with E-state index in [9.17, 15) is 14.4 Å². The van der Waals surface area contributed by atoms with Crippen LogP contribution in [0.4, 0.5) is 0 Å². The maximum atomic E-state index is 12.7. The zero-order valence-corrected chi connectivity index (χ0v) is 18.6. The van der Waals surface area contributed by atoms with Crippen LogP contribution in [0, 0.1) is 5.92 Å². The van der Waals surface area contributed by atoms with Gasteiger partial charge in [-0.2, -0.15) is 0 Å². The van der Waals surface area contributed by atoms with Gasteiger partial charge in [0.1, 0.15) is 0 Å². The summed E-state index contributed by atoms with van der Waals surface area (Å²) in [5.74, 6) is 0.307. The Morgan fingerprint density at radius 1 is 0.933 bits per heavy atom. The van der Waals surface area contributed by atoms with E-state index < -0.39 is 5.97 Å². The summed E-state index contributed by atoms with van der Waals surface area (Å²) in [5.41, 5.74) is 0.469. The average molecular weight is 418 g/mol. The number of benzene rings is 1. The summed E-state index contributed by atoms with van der Waals surface area (Å²) in [4.78, 5) is 38.9. The van der Waals surface area contributed by atoms with Gasteiger partial charge < -0.3 is 14.4 Å². The molecule has 1 heterocycles. The second kappa shape index (κ2) is 12.5. The van der Waals surface area contributed by atoms with Gasteiger partial charge in [-0.25, -0.2) is 0 Å². The van der Waals surface area contributed by atoms with Gasteiger partial charge in [0.15, 0.2) is 17.3 Å². The molecule has 0 aromatic heterocycles. The van der Waals surface area contributed by atoms with E-state index in [1.807, 2.05) is 13.8 Å². The number of likely N-dealkylation sites (tertiary alicyclic amines) is 1. The number of piperidine rings is 1. The smallest absolute Gasteiger partial charge is 0.311 e. The largest absolute Gasteiger partial charge is 0.423 e. The molecule has 0 amide bonds. The standard InChI is InChI=1S/C24H35NO5/c1-4-7-23(27)29-21-11-10-19(17-22(21)30-24(28)8-5-2)20(26)9-6-14-25-15-12-18(3)13-16-25/h10-11,17-18H,4-9,12-16H2,1-3H3. The second-order valence-electron chi connectivity index (χ2n) is 8.16. The van der Waals surface area contributed by atoms with Crippen LogP contribution in [-0.4, -0.2) is 42.3 Å². The van der Waals surface area contributed by atoms with E-state index in [0.29, 0.717) is 24.8 Å². The lowest BCUT2D eigenvalue weighted by atomic mass is 9.99. The third-order valence-electron chi connectivity index (χ3n) is 5.38. The molecule has 0 aliphatic carbocycles. The van der Waals surface area contributed by atoms with Gasteiger partial charge in [-0.05, 0) is 75.9 Å². The third kappa shape index (κ3) is 7.90. The van der Waals surface area contributed by atoms with Crippen molar-refractivity contribution in [2.24, 2.45) is 5.92 Å². The first-order valence-corrected chi connectivity index (χ1v) is 11.2. The summed E-state index contributed by atoms with van der Waals surface area (Å²) < 4.78 is 10.7. The minimum atomic E-state index is -0.408. The van der Waals surface area contributed by atoms with Crippen molar-refractivity contribution in [3.05, 3.63) is 23.8 Å². The van der Waals surface area contributed by atoms with Crippen LogP contribution in [0.2, 0.25) is 0 Å². The summed E-state index contributed by atoms with van der Waals surface area (Å²) in [5, 5.41) is 0. The highest BCUT2D eigenvalue weighted by atomic mass is 16.6. The highest BCUT2D eigenvalue weighted by Crippen LogP contribution is 2.30. The molecular weight excluding hydrogens is 382 g/mol. The summed E-state index contributed by atoms with van der Waals surface area (Å²) in [6, 6.07) is 4.70. The number of esters is 2. The molecule has 1 fully saturated rings. The summed E-state index contributed by atoms with van der Waals surface area (Å²) in [6.45, 7) is 9.18. The molecule has 0 atom stereocenters. The van der Waals surface area contributed by atoms with Crippen LogP contribution in [0.25, 0.3) is 0 Å². The lowest BCUT2D eigenvalue weighted by molar-refractivity contribution is -0.137. The van der Waals surface area contributed by atoms with Gasteiger partial charge in [-0.15, -0.1) is 0 Å². The maximum Gasteiger partial charge on any atom is 0.311 e. The zero-order valence-electron chi connectivity index (χ0n) is 18.6. The fourth-order valence-corrected chi connectivity index (χ4v) is 3.49. The number of carbonyl (C=O) groups excluding carboxylic acids is 3. The Morgan fingerprint density at radius 3 is 2.13 bits per heavy atom. The topological polar surface area (TPSA) is 72.9 Å². The van der Waals surface area contributed by atoms with E-state index in [2.05, 4.69) is 11.8 Å². The van der Waals surface area contributed by atoms with Crippen molar-refractivity contribution in [1.82, 2.24) is 4.90 Å². The molecule has 1 aromatic carbocycles. The molecule has 6 heteroatoms. The molecule has 166 valence electrons. The summed E-state index contributed by atoms with van der Waals surface area (Å²) in [7, 11) is 0. The van der Waals surface area contributed by atoms with Crippen molar-refractivity contribution in [2.45, 2.75) is 72.1 Å². The van der Waals surface area contributed by atoms with Crippen LogP contribution in [-0.2, 0) is 9.59 Å². The Labute approximate surface area is 179 Å². The number of rotatable bonds is 11. The van der Waals surface area contributed by atoms with Crippen molar-refractivity contribution in [3.63, 3.8) is 0 Å². The molecule has 1 aromatic rings. The minimum absolute atomic E-state index is 0.000368. The van der Waals surface area contributed by atoms with E-state index in [4.69, 9.17) is 9.47 Å². The Balaban J connectivity index is 2.00. The fourth-order valence-electron chi connectivity index (χ4n) is 3.49. The summed E-state index contributed by atoms with van der Waals surface area (Å²) >= 11 is 0. The summed E-state index contributed by atoms with van der Waals surface area (Å²) in [6.07, 6.45) is 5.52. The Bertz CT molecular complexity index is 722. The number of ether oxygens (including phenoxy) is 2. The normalized spacial score (nSPS) is 15.0. The minimum Gasteiger partial charge on any atom is -0.423 e. The third-order valence-corrected chi connectivity index (χ3v) is 5.38. The predicted molar refractivity (Wildman–Crippen MR) is 116 cm³/mol. The van der Waals surface area contributed by atoms with Gasteiger partial charge in [0.25, 0.3) is 0 Å². The second-order valence-corrected chi connectivity index (χ2v) is 8.16. The van der Waals surface area contributed by atoms with Crippen molar-refractivity contribution < 1.29 is 23.9 Å². The molecule has 2 rings (SSSR count). The number of Topliss-reactive ketones (excluding diaryl/α,β-unsaturated/α-hetero) is 1. The molecule has 30 heavy (non-hydrogen) atoms. The van der Waals surface area contributed by atoms with Crippen LogP contribution in [0.5, 0.6) is 11.5 Å².